The first kappa shape index (κ1) is 11.4. The molecule has 0 fully saturated rings. The van der Waals surface area contributed by atoms with E-state index in [2.05, 4.69) is 4.98 Å². The Morgan fingerprint density at radius 3 is 2.76 bits per heavy atom. The first-order valence-electron chi connectivity index (χ1n) is 5.47. The Morgan fingerprint density at radius 2 is 2.12 bits per heavy atom. The first-order valence-corrected chi connectivity index (χ1v) is 5.47. The summed E-state index contributed by atoms with van der Waals surface area (Å²) in [5.74, 6) is -0.999. The van der Waals surface area contributed by atoms with Gasteiger partial charge in [0.05, 0.1) is 6.42 Å². The number of benzene rings is 1. The minimum atomic E-state index is -0.999. The first-order chi connectivity index (χ1) is 8.10. The highest BCUT2D eigenvalue weighted by molar-refractivity contribution is 5.81. The van der Waals surface area contributed by atoms with Crippen molar-refractivity contribution < 1.29 is 9.90 Å². The molecule has 2 rings (SSSR count). The van der Waals surface area contributed by atoms with Gasteiger partial charge in [-0.2, -0.15) is 0 Å². The van der Waals surface area contributed by atoms with E-state index in [0.717, 1.165) is 22.9 Å². The lowest BCUT2D eigenvalue weighted by molar-refractivity contribution is -0.136. The molecule has 0 spiro atoms. The number of aromatic amines is 1. The summed E-state index contributed by atoms with van der Waals surface area (Å²) < 4.78 is 0. The van der Waals surface area contributed by atoms with Gasteiger partial charge in [0.15, 0.2) is 0 Å². The van der Waals surface area contributed by atoms with Crippen molar-refractivity contribution in [3.8, 4) is 0 Å². The summed E-state index contributed by atoms with van der Waals surface area (Å²) in [5.41, 5.74) is 1.86. The number of hydrogen-bond donors (Lipinski definition) is 2. The molecule has 0 aliphatic heterocycles. The zero-order chi connectivity index (χ0) is 12.4. The number of pyridine rings is 1. The molecule has 1 heterocycles. The van der Waals surface area contributed by atoms with Gasteiger partial charge in [-0.3, -0.25) is 9.59 Å². The molecule has 0 saturated heterocycles. The molecule has 0 aliphatic rings. The predicted molar refractivity (Wildman–Crippen MR) is 65.3 cm³/mol. The van der Waals surface area contributed by atoms with Crippen molar-refractivity contribution in [1.29, 1.82) is 0 Å². The topological polar surface area (TPSA) is 70.2 Å². The molecule has 0 atom stereocenters. The van der Waals surface area contributed by atoms with Crippen molar-refractivity contribution in [1.82, 2.24) is 4.98 Å². The number of nitrogens with one attached hydrogen (secondary N) is 1. The summed E-state index contributed by atoms with van der Waals surface area (Å²) >= 11 is 0. The smallest absolute Gasteiger partial charge is 0.308 e. The van der Waals surface area contributed by atoms with Gasteiger partial charge < -0.3 is 10.1 Å². The molecule has 4 nitrogen and oxygen atoms in total. The highest BCUT2D eigenvalue weighted by Gasteiger charge is 2.07. The number of H-pyrrole nitrogens is 1. The third-order valence-electron chi connectivity index (χ3n) is 2.74. The molecular weight excluding hydrogens is 218 g/mol. The van der Waals surface area contributed by atoms with Crippen LogP contribution in [0.2, 0.25) is 0 Å². The Balaban J connectivity index is 2.60. The average Bonchev–Trinajstić information content (AvgIpc) is 2.29. The summed E-state index contributed by atoms with van der Waals surface area (Å²) in [6.07, 6.45) is 0.658. The highest BCUT2D eigenvalue weighted by atomic mass is 16.4. The van der Waals surface area contributed by atoms with E-state index in [9.17, 15) is 9.59 Å². The molecule has 0 amide bonds. The van der Waals surface area contributed by atoms with E-state index in [-0.39, 0.29) is 12.0 Å². The number of carboxylic acid groups (broad SMARTS) is 1. The summed E-state index contributed by atoms with van der Waals surface area (Å²) in [7, 11) is 0. The lowest BCUT2D eigenvalue weighted by Gasteiger charge is -2.03. The van der Waals surface area contributed by atoms with Crippen LogP contribution in [-0.4, -0.2) is 16.1 Å². The van der Waals surface area contributed by atoms with Gasteiger partial charge in [-0.15, -0.1) is 0 Å². The van der Waals surface area contributed by atoms with Crippen molar-refractivity contribution in [2.45, 2.75) is 19.8 Å². The number of rotatable bonds is 3. The van der Waals surface area contributed by atoms with Gasteiger partial charge in [-0.25, -0.2) is 0 Å². The molecule has 88 valence electrons. The third kappa shape index (κ3) is 2.36. The Labute approximate surface area is 97.9 Å². The summed E-state index contributed by atoms with van der Waals surface area (Å²) in [5, 5.41) is 9.59. The van der Waals surface area contributed by atoms with Crippen LogP contribution in [0, 0.1) is 0 Å². The molecular formula is C13H13NO3. The van der Waals surface area contributed by atoms with Crippen LogP contribution in [0.4, 0.5) is 0 Å². The molecule has 4 heteroatoms. The van der Waals surface area contributed by atoms with E-state index in [0.29, 0.717) is 5.56 Å². The van der Waals surface area contributed by atoms with E-state index < -0.39 is 5.97 Å². The van der Waals surface area contributed by atoms with Gasteiger partial charge in [-0.1, -0.05) is 13.0 Å². The molecule has 1 aromatic carbocycles. The fraction of sp³-hybridized carbons (Fsp3) is 0.231. The Kier molecular flexibility index (Phi) is 2.95. The monoisotopic (exact) mass is 231 g/mol. The van der Waals surface area contributed by atoms with Crippen LogP contribution in [0.5, 0.6) is 0 Å². The van der Waals surface area contributed by atoms with Gasteiger partial charge in [-0.05, 0) is 35.6 Å². The molecule has 1 aromatic heterocycles. The molecule has 0 aliphatic carbocycles. The quantitative estimate of drug-likeness (QED) is 0.844. The number of aliphatic carboxylic acids is 1. The van der Waals surface area contributed by atoms with Crippen LogP contribution in [0.1, 0.15) is 18.1 Å². The van der Waals surface area contributed by atoms with Crippen molar-refractivity contribution >= 4 is 16.9 Å². The van der Waals surface area contributed by atoms with Crippen LogP contribution < -0.4 is 5.56 Å². The fourth-order valence-electron chi connectivity index (χ4n) is 1.82. The number of hydrogen-bond acceptors (Lipinski definition) is 2. The largest absolute Gasteiger partial charge is 0.481 e. The minimum absolute atomic E-state index is 0.248. The molecule has 2 N–H and O–H groups in total. The number of fused-ring (bicyclic) bond motifs is 1. The molecule has 0 radical (unpaired) electrons. The lowest BCUT2D eigenvalue weighted by Crippen LogP contribution is -2.15. The molecule has 0 bridgehead atoms. The predicted octanol–water partition coefficient (Wildman–Crippen LogP) is 1.72. The average molecular weight is 231 g/mol. The fourth-order valence-corrected chi connectivity index (χ4v) is 1.82. The summed E-state index contributed by atoms with van der Waals surface area (Å²) in [6.45, 7) is 2.05. The van der Waals surface area contributed by atoms with E-state index >= 15 is 0 Å². The maximum atomic E-state index is 11.6. The van der Waals surface area contributed by atoms with Crippen molar-refractivity contribution in [2.24, 2.45) is 0 Å². The Bertz CT molecular complexity index is 628. The second kappa shape index (κ2) is 4.41. The zero-order valence-electron chi connectivity index (χ0n) is 9.49. The number of carboxylic acids is 1. The lowest BCUT2D eigenvalue weighted by atomic mass is 10.1. The van der Waals surface area contributed by atoms with Gasteiger partial charge in [0.1, 0.15) is 0 Å². The van der Waals surface area contributed by atoms with Crippen LogP contribution in [0.15, 0.2) is 29.1 Å². The molecule has 0 unspecified atom stereocenters. The van der Waals surface area contributed by atoms with Gasteiger partial charge in [0.2, 0.25) is 0 Å². The SMILES string of the molecule is CCc1ccc2[nH]c(=O)c(CC(=O)O)cc2c1. The van der Waals surface area contributed by atoms with Gasteiger partial charge in [0.25, 0.3) is 5.56 Å². The maximum Gasteiger partial charge on any atom is 0.308 e. The number of aryl methyl sites for hydroxylation is 1. The van der Waals surface area contributed by atoms with E-state index in [1.807, 2.05) is 25.1 Å². The second-order valence-corrected chi connectivity index (χ2v) is 3.97. The number of aromatic nitrogens is 1. The summed E-state index contributed by atoms with van der Waals surface area (Å²) in [4.78, 5) is 24.9. The summed E-state index contributed by atoms with van der Waals surface area (Å²) in [6, 6.07) is 7.42. The van der Waals surface area contributed by atoms with E-state index in [1.165, 1.54) is 0 Å². The van der Waals surface area contributed by atoms with Gasteiger partial charge >= 0.3 is 5.97 Å². The molecule has 2 aromatic rings. The maximum absolute atomic E-state index is 11.6. The zero-order valence-corrected chi connectivity index (χ0v) is 9.49. The van der Waals surface area contributed by atoms with Crippen LogP contribution in [0.25, 0.3) is 10.9 Å². The minimum Gasteiger partial charge on any atom is -0.481 e. The third-order valence-corrected chi connectivity index (χ3v) is 2.74. The van der Waals surface area contributed by atoms with Gasteiger partial charge in [0, 0.05) is 11.1 Å². The Morgan fingerprint density at radius 1 is 1.35 bits per heavy atom. The second-order valence-electron chi connectivity index (χ2n) is 3.97. The van der Waals surface area contributed by atoms with Crippen molar-refractivity contribution in [2.75, 3.05) is 0 Å². The van der Waals surface area contributed by atoms with Crippen LogP contribution in [0.3, 0.4) is 0 Å². The van der Waals surface area contributed by atoms with E-state index in [1.54, 1.807) is 6.07 Å². The normalized spacial score (nSPS) is 10.6. The standard InChI is InChI=1S/C13H13NO3/c1-2-8-3-4-11-9(5-8)6-10(7-12(15)16)13(17)14-11/h3-6H,2,7H2,1H3,(H,14,17)(H,15,16). The molecule has 17 heavy (non-hydrogen) atoms. The highest BCUT2D eigenvalue weighted by Crippen LogP contribution is 2.14. The molecule has 0 saturated carbocycles. The van der Waals surface area contributed by atoms with Crippen LogP contribution in [-0.2, 0) is 17.6 Å². The van der Waals surface area contributed by atoms with Crippen molar-refractivity contribution in [3.05, 3.63) is 45.7 Å². The number of carbonyl (C=O) groups is 1. The van der Waals surface area contributed by atoms with E-state index in [4.69, 9.17) is 5.11 Å². The van der Waals surface area contributed by atoms with Crippen LogP contribution >= 0.6 is 0 Å². The Hall–Kier alpha value is -2.10. The van der Waals surface area contributed by atoms with Crippen molar-refractivity contribution in [3.63, 3.8) is 0 Å².